The number of sulfonamides is 1. The smallest absolute Gasteiger partial charge is 0.260 e. The number of likely N-dealkylation sites (tertiary alicyclic amines) is 1. The van der Waals surface area contributed by atoms with Gasteiger partial charge in [0.2, 0.25) is 0 Å². The van der Waals surface area contributed by atoms with Gasteiger partial charge in [0.1, 0.15) is 0 Å². The van der Waals surface area contributed by atoms with E-state index < -0.39 is 10.0 Å². The number of aryl methyl sites for hydroxylation is 2. The molecule has 1 unspecified atom stereocenters. The Morgan fingerprint density at radius 1 is 1.15 bits per heavy atom. The van der Waals surface area contributed by atoms with Crippen LogP contribution in [0.3, 0.4) is 0 Å². The van der Waals surface area contributed by atoms with Crippen molar-refractivity contribution < 1.29 is 13.2 Å². The first-order valence-electron chi connectivity index (χ1n) is 10.1. The molecule has 2 spiro atoms. The Hall–Kier alpha value is -0.960. The summed E-state index contributed by atoms with van der Waals surface area (Å²) < 4.78 is 34.6. The average molecular weight is 395 g/mol. The summed E-state index contributed by atoms with van der Waals surface area (Å²) in [5.41, 5.74) is 1.57. The van der Waals surface area contributed by atoms with E-state index >= 15 is 0 Å². The number of ether oxygens (including phenoxy) is 1. The molecule has 1 atom stereocenters. The number of nitrogens with zero attached hydrogens (tertiary/aromatic N) is 4. The largest absolute Gasteiger partial charge is 0.380 e. The van der Waals surface area contributed by atoms with Crippen molar-refractivity contribution in [3.8, 4) is 0 Å². The van der Waals surface area contributed by atoms with Crippen molar-refractivity contribution in [1.29, 1.82) is 0 Å². The van der Waals surface area contributed by atoms with Crippen LogP contribution in [0.15, 0.2) is 11.1 Å². The number of rotatable bonds is 3. The van der Waals surface area contributed by atoms with Gasteiger partial charge < -0.3 is 4.74 Å². The predicted molar refractivity (Wildman–Crippen MR) is 101 cm³/mol. The summed E-state index contributed by atoms with van der Waals surface area (Å²) in [7, 11) is -1.73. The molecule has 1 aromatic rings. The molecule has 7 nitrogen and oxygen atoms in total. The number of hydrogen-bond acceptors (Lipinski definition) is 5. The topological polar surface area (TPSA) is 67.7 Å². The molecular formula is C19H30N4O3S. The molecule has 3 saturated heterocycles. The Bertz CT molecular complexity index is 829. The minimum atomic E-state index is -3.44. The second-order valence-electron chi connectivity index (χ2n) is 9.45. The number of aromatic nitrogens is 2. The number of hydrogen-bond donors (Lipinski definition) is 0. The van der Waals surface area contributed by atoms with Gasteiger partial charge in [0.05, 0.1) is 18.9 Å². The van der Waals surface area contributed by atoms with E-state index in [1.54, 1.807) is 17.4 Å². The molecule has 4 fully saturated rings. The first kappa shape index (κ1) is 18.1. The molecule has 4 heterocycles. The minimum absolute atomic E-state index is 0.314. The monoisotopic (exact) mass is 394 g/mol. The van der Waals surface area contributed by atoms with Gasteiger partial charge in [0.15, 0.2) is 5.03 Å². The first-order valence-corrected chi connectivity index (χ1v) is 11.6. The SMILES string of the molecule is Cc1cc(S(=O)(=O)N2CCC3(CCC(N4CC5(COC5)C4)C3)CC2)n(C)n1. The zero-order valence-electron chi connectivity index (χ0n) is 16.4. The zero-order valence-corrected chi connectivity index (χ0v) is 17.2. The Morgan fingerprint density at radius 2 is 1.85 bits per heavy atom. The van der Waals surface area contributed by atoms with Gasteiger partial charge in [0.25, 0.3) is 10.0 Å². The van der Waals surface area contributed by atoms with Crippen LogP contribution in [-0.2, 0) is 21.8 Å². The third-order valence-corrected chi connectivity index (χ3v) is 9.39. The van der Waals surface area contributed by atoms with Crippen molar-refractivity contribution >= 4 is 10.0 Å². The van der Waals surface area contributed by atoms with Crippen LogP contribution in [-0.4, -0.2) is 72.8 Å². The molecule has 3 aliphatic heterocycles. The first-order chi connectivity index (χ1) is 12.8. The molecule has 1 aliphatic carbocycles. The molecule has 4 aliphatic rings. The molecule has 1 aromatic heterocycles. The van der Waals surface area contributed by atoms with E-state index in [-0.39, 0.29) is 0 Å². The van der Waals surface area contributed by atoms with Gasteiger partial charge >= 0.3 is 0 Å². The van der Waals surface area contributed by atoms with E-state index in [0.717, 1.165) is 31.7 Å². The van der Waals surface area contributed by atoms with Crippen LogP contribution in [0.4, 0.5) is 0 Å². The lowest BCUT2D eigenvalue weighted by Crippen LogP contribution is -2.67. The molecule has 0 amide bonds. The van der Waals surface area contributed by atoms with E-state index in [1.807, 2.05) is 6.92 Å². The maximum atomic E-state index is 13.0. The highest BCUT2D eigenvalue weighted by molar-refractivity contribution is 7.89. The molecule has 1 saturated carbocycles. The van der Waals surface area contributed by atoms with Crippen LogP contribution in [0, 0.1) is 17.8 Å². The molecular weight excluding hydrogens is 364 g/mol. The van der Waals surface area contributed by atoms with Crippen LogP contribution >= 0.6 is 0 Å². The van der Waals surface area contributed by atoms with Crippen LogP contribution in [0.5, 0.6) is 0 Å². The molecule has 0 radical (unpaired) electrons. The Morgan fingerprint density at radius 3 is 2.41 bits per heavy atom. The van der Waals surface area contributed by atoms with Crippen LogP contribution in [0.1, 0.15) is 37.8 Å². The quantitative estimate of drug-likeness (QED) is 0.775. The summed E-state index contributed by atoms with van der Waals surface area (Å²) in [4.78, 5) is 2.65. The lowest BCUT2D eigenvalue weighted by molar-refractivity contribution is -0.198. The molecule has 8 heteroatoms. The zero-order chi connectivity index (χ0) is 18.9. The molecule has 0 aromatic carbocycles. The molecule has 27 heavy (non-hydrogen) atoms. The van der Waals surface area contributed by atoms with Crippen LogP contribution in [0.2, 0.25) is 0 Å². The maximum Gasteiger partial charge on any atom is 0.260 e. The van der Waals surface area contributed by atoms with Crippen molar-refractivity contribution in [2.24, 2.45) is 17.9 Å². The highest BCUT2D eigenvalue weighted by Crippen LogP contribution is 2.51. The fourth-order valence-electron chi connectivity index (χ4n) is 5.75. The van der Waals surface area contributed by atoms with Crippen molar-refractivity contribution in [1.82, 2.24) is 19.0 Å². The average Bonchev–Trinajstić information content (AvgIpc) is 3.09. The van der Waals surface area contributed by atoms with Gasteiger partial charge in [-0.05, 0) is 50.5 Å². The Balaban J connectivity index is 1.21. The molecule has 0 bridgehead atoms. The fourth-order valence-corrected chi connectivity index (χ4v) is 7.37. The van der Waals surface area contributed by atoms with E-state index in [0.29, 0.717) is 35.0 Å². The highest BCUT2D eigenvalue weighted by atomic mass is 32.2. The summed E-state index contributed by atoms with van der Waals surface area (Å²) in [6, 6.07) is 2.37. The van der Waals surface area contributed by atoms with Gasteiger partial charge in [-0.15, -0.1) is 0 Å². The molecule has 0 N–H and O–H groups in total. The Kier molecular flexibility index (Phi) is 4.03. The van der Waals surface area contributed by atoms with Crippen molar-refractivity contribution in [3.63, 3.8) is 0 Å². The van der Waals surface area contributed by atoms with E-state index in [2.05, 4.69) is 10.00 Å². The predicted octanol–water partition coefficient (Wildman–Crippen LogP) is 1.38. The van der Waals surface area contributed by atoms with Gasteiger partial charge in [-0.2, -0.15) is 9.40 Å². The summed E-state index contributed by atoms with van der Waals surface area (Å²) in [5.74, 6) is 0. The lowest BCUT2D eigenvalue weighted by Gasteiger charge is -2.57. The number of piperidine rings is 1. The minimum Gasteiger partial charge on any atom is -0.380 e. The lowest BCUT2D eigenvalue weighted by atomic mass is 9.75. The summed E-state index contributed by atoms with van der Waals surface area (Å²) in [6.45, 7) is 7.40. The second-order valence-corrected chi connectivity index (χ2v) is 11.3. The van der Waals surface area contributed by atoms with Gasteiger partial charge in [0, 0.05) is 44.7 Å². The van der Waals surface area contributed by atoms with Crippen LogP contribution in [0.25, 0.3) is 0 Å². The van der Waals surface area contributed by atoms with E-state index in [1.165, 1.54) is 37.0 Å². The maximum absolute atomic E-state index is 13.0. The van der Waals surface area contributed by atoms with Crippen molar-refractivity contribution in [3.05, 3.63) is 11.8 Å². The van der Waals surface area contributed by atoms with Crippen LogP contribution < -0.4 is 0 Å². The van der Waals surface area contributed by atoms with Gasteiger partial charge in [-0.25, -0.2) is 8.42 Å². The van der Waals surface area contributed by atoms with Crippen molar-refractivity contribution in [2.45, 2.75) is 50.1 Å². The highest BCUT2D eigenvalue weighted by Gasteiger charge is 2.53. The molecule has 150 valence electrons. The normalized spacial score (nSPS) is 30.5. The van der Waals surface area contributed by atoms with E-state index in [9.17, 15) is 8.42 Å². The summed E-state index contributed by atoms with van der Waals surface area (Å²) in [5, 5.41) is 4.52. The van der Waals surface area contributed by atoms with Gasteiger partial charge in [-0.3, -0.25) is 9.58 Å². The van der Waals surface area contributed by atoms with E-state index in [4.69, 9.17) is 4.74 Å². The van der Waals surface area contributed by atoms with Gasteiger partial charge in [-0.1, -0.05) is 0 Å². The van der Waals surface area contributed by atoms with Crippen molar-refractivity contribution in [2.75, 3.05) is 39.4 Å². The Labute approximate surface area is 161 Å². The third kappa shape index (κ3) is 2.87. The summed E-state index contributed by atoms with van der Waals surface area (Å²) >= 11 is 0. The third-order valence-electron chi connectivity index (χ3n) is 7.43. The fraction of sp³-hybridized carbons (Fsp3) is 0.842. The second kappa shape index (κ2) is 6.02. The molecule has 5 rings (SSSR count). The standard InChI is InChI=1S/C19H30N4O3S/c1-15-9-17(21(2)20-15)27(24,25)23-7-5-18(6-8-23)4-3-16(10-18)22-11-19(12-22)13-26-14-19/h9,16H,3-8,10-14H2,1-2H3. The summed E-state index contributed by atoms with van der Waals surface area (Å²) in [6.07, 6.45) is 5.73.